The van der Waals surface area contributed by atoms with E-state index in [1.165, 1.54) is 122 Å². The molecule has 1 atom stereocenters. The number of hydrogen-bond acceptors (Lipinski definition) is 1. The van der Waals surface area contributed by atoms with Crippen molar-refractivity contribution in [3.8, 4) is 44.5 Å². The number of rotatable bonds is 7. The lowest BCUT2D eigenvalue weighted by Gasteiger charge is -2.29. The molecule has 10 aromatic rings. The lowest BCUT2D eigenvalue weighted by atomic mass is 9.86. The van der Waals surface area contributed by atoms with Crippen molar-refractivity contribution in [1.29, 1.82) is 0 Å². The number of hydrogen-bond donors (Lipinski definition) is 0. The highest BCUT2D eigenvalue weighted by Crippen LogP contribution is 2.50. The summed E-state index contributed by atoms with van der Waals surface area (Å²) in [7, 11) is 0. The number of fused-ring (bicyclic) bond motifs is 6. The second-order valence-electron chi connectivity index (χ2n) is 18.3. The quantitative estimate of drug-likeness (QED) is 0.154. The van der Waals surface area contributed by atoms with Gasteiger partial charge in [-0.15, -0.1) is 0 Å². The molecule has 1 heterocycles. The van der Waals surface area contributed by atoms with Gasteiger partial charge in [0.15, 0.2) is 0 Å². The van der Waals surface area contributed by atoms with E-state index < -0.39 is 0 Å². The van der Waals surface area contributed by atoms with Crippen molar-refractivity contribution >= 4 is 49.6 Å². The summed E-state index contributed by atoms with van der Waals surface area (Å²) >= 11 is 0. The Morgan fingerprint density at radius 1 is 0.373 bits per heavy atom. The van der Waals surface area contributed by atoms with E-state index in [-0.39, 0.29) is 6.04 Å². The topological polar surface area (TPSA) is 3.24 Å². The predicted octanol–water partition coefficient (Wildman–Crippen LogP) is 17.4. The highest BCUT2D eigenvalue weighted by molar-refractivity contribution is 6.01. The SMILES string of the molecule is C1=C(c2ccc(-c3cccc4ccccc34)cc2)C=C2c3cc(-c4ccc(C5=CCCc6ccccc65)cc4)ccc3N(c3ccc(-c4ccc(-c5cccc6ccccc56)cc4)cc3)C2C1. The zero-order chi connectivity index (χ0) is 44.3. The summed E-state index contributed by atoms with van der Waals surface area (Å²) in [4.78, 5) is 2.57. The summed E-state index contributed by atoms with van der Waals surface area (Å²) in [5.41, 5.74) is 23.0. The van der Waals surface area contributed by atoms with Gasteiger partial charge < -0.3 is 4.90 Å². The van der Waals surface area contributed by atoms with Gasteiger partial charge in [-0.2, -0.15) is 0 Å². The van der Waals surface area contributed by atoms with Crippen molar-refractivity contribution in [3.63, 3.8) is 0 Å². The minimum atomic E-state index is 0.190. The molecule has 1 aliphatic heterocycles. The van der Waals surface area contributed by atoms with Crippen molar-refractivity contribution < 1.29 is 0 Å². The molecule has 0 fully saturated rings. The predicted molar refractivity (Wildman–Crippen MR) is 284 cm³/mol. The largest absolute Gasteiger partial charge is 0.333 e. The van der Waals surface area contributed by atoms with Crippen LogP contribution in [0.3, 0.4) is 0 Å². The highest BCUT2D eigenvalue weighted by atomic mass is 15.2. The standard InChI is InChI=1S/C66H47N/c1-4-16-57-48(10-1)13-7-19-60(57)51-28-22-44(23-29-51)45-34-38-56(39-35-45)67-65-40-36-54(46-24-30-52(31-25-46)61-20-8-14-49-11-2-5-17-58(49)61)42-63(65)64-43-55(37-41-66(64)67)47-26-32-53(33-27-47)62-21-9-15-50-12-3-6-18-59(50)62/h1-8,10-14,16-39,41-43,65H,9,15,40H2. The van der Waals surface area contributed by atoms with E-state index in [2.05, 4.69) is 248 Å². The van der Waals surface area contributed by atoms with Gasteiger partial charge in [-0.05, 0) is 155 Å². The van der Waals surface area contributed by atoms with Crippen LogP contribution in [-0.4, -0.2) is 6.04 Å². The fourth-order valence-electron chi connectivity index (χ4n) is 11.1. The fourth-order valence-corrected chi connectivity index (χ4v) is 11.1. The molecule has 0 radical (unpaired) electrons. The summed E-state index contributed by atoms with van der Waals surface area (Å²) in [5, 5.41) is 5.10. The van der Waals surface area contributed by atoms with Gasteiger partial charge in [0.25, 0.3) is 0 Å². The molecule has 316 valence electrons. The molecular weight excluding hydrogens is 807 g/mol. The van der Waals surface area contributed by atoms with Crippen molar-refractivity contribution in [2.24, 2.45) is 0 Å². The Balaban J connectivity index is 0.837. The Morgan fingerprint density at radius 3 is 1.55 bits per heavy atom. The van der Waals surface area contributed by atoms with Crippen molar-refractivity contribution in [3.05, 3.63) is 271 Å². The highest BCUT2D eigenvalue weighted by Gasteiger charge is 2.36. The van der Waals surface area contributed by atoms with Gasteiger partial charge in [0.2, 0.25) is 0 Å². The van der Waals surface area contributed by atoms with E-state index in [4.69, 9.17) is 0 Å². The lowest BCUT2D eigenvalue weighted by molar-refractivity contribution is 0.831. The maximum absolute atomic E-state index is 2.57. The van der Waals surface area contributed by atoms with E-state index in [0.29, 0.717) is 0 Å². The molecule has 0 amide bonds. The molecule has 10 aromatic carbocycles. The van der Waals surface area contributed by atoms with Crippen LogP contribution in [0.5, 0.6) is 0 Å². The van der Waals surface area contributed by atoms with Gasteiger partial charge in [-0.1, -0.05) is 212 Å². The van der Waals surface area contributed by atoms with E-state index >= 15 is 0 Å². The average Bonchev–Trinajstić information content (AvgIpc) is 3.73. The number of anilines is 2. The molecule has 1 nitrogen and oxygen atoms in total. The van der Waals surface area contributed by atoms with Gasteiger partial charge in [0, 0.05) is 16.9 Å². The third kappa shape index (κ3) is 6.94. The molecule has 0 aromatic heterocycles. The van der Waals surface area contributed by atoms with Crippen LogP contribution in [0.25, 0.3) is 82.8 Å². The normalized spacial score (nSPS) is 15.1. The fraction of sp³-hybridized carbons (Fsp3) is 0.0606. The van der Waals surface area contributed by atoms with Crippen LogP contribution in [0, 0.1) is 0 Å². The molecule has 0 N–H and O–H groups in total. The molecule has 0 spiro atoms. The van der Waals surface area contributed by atoms with Crippen molar-refractivity contribution in [2.75, 3.05) is 4.90 Å². The monoisotopic (exact) mass is 853 g/mol. The van der Waals surface area contributed by atoms with Crippen LogP contribution in [0.15, 0.2) is 243 Å². The van der Waals surface area contributed by atoms with Gasteiger partial charge in [-0.25, -0.2) is 0 Å². The van der Waals surface area contributed by atoms with E-state index in [9.17, 15) is 0 Å². The van der Waals surface area contributed by atoms with E-state index in [1.54, 1.807) is 0 Å². The van der Waals surface area contributed by atoms with Gasteiger partial charge in [0.05, 0.1) is 6.04 Å². The van der Waals surface area contributed by atoms with Crippen LogP contribution in [0.2, 0.25) is 0 Å². The van der Waals surface area contributed by atoms with Crippen LogP contribution in [0.1, 0.15) is 40.7 Å². The van der Waals surface area contributed by atoms with Crippen LogP contribution in [0.4, 0.5) is 11.4 Å². The molecule has 0 saturated carbocycles. The first-order chi connectivity index (χ1) is 33.2. The van der Waals surface area contributed by atoms with Crippen molar-refractivity contribution in [2.45, 2.75) is 25.3 Å². The second-order valence-corrected chi connectivity index (χ2v) is 18.3. The zero-order valence-corrected chi connectivity index (χ0v) is 37.2. The molecule has 13 rings (SSSR count). The Bertz CT molecular complexity index is 3610. The molecule has 3 aliphatic rings. The molecule has 2 aliphatic carbocycles. The third-order valence-corrected chi connectivity index (χ3v) is 14.5. The maximum Gasteiger partial charge on any atom is 0.0633 e. The average molecular weight is 854 g/mol. The first-order valence-corrected chi connectivity index (χ1v) is 23.7. The molecule has 67 heavy (non-hydrogen) atoms. The summed E-state index contributed by atoms with van der Waals surface area (Å²) in [5.74, 6) is 0. The zero-order valence-electron chi connectivity index (χ0n) is 37.2. The maximum atomic E-state index is 2.57. The summed E-state index contributed by atoms with van der Waals surface area (Å²) < 4.78 is 0. The minimum Gasteiger partial charge on any atom is -0.333 e. The van der Waals surface area contributed by atoms with E-state index in [1.807, 2.05) is 0 Å². The van der Waals surface area contributed by atoms with Gasteiger partial charge >= 0.3 is 0 Å². The third-order valence-electron chi connectivity index (χ3n) is 14.5. The van der Waals surface area contributed by atoms with Crippen LogP contribution in [-0.2, 0) is 6.42 Å². The number of allylic oxidation sites excluding steroid dienone is 3. The molecule has 1 unspecified atom stereocenters. The second kappa shape index (κ2) is 16.3. The Hall–Kier alpha value is -8.26. The smallest absolute Gasteiger partial charge is 0.0633 e. The molecule has 0 saturated heterocycles. The lowest BCUT2D eigenvalue weighted by Crippen LogP contribution is -2.27. The summed E-state index contributed by atoms with van der Waals surface area (Å²) in [6, 6.07) is 83.4. The van der Waals surface area contributed by atoms with Gasteiger partial charge in [-0.3, -0.25) is 0 Å². The first-order valence-electron chi connectivity index (χ1n) is 23.7. The minimum absolute atomic E-state index is 0.190. The number of aryl methyl sites for hydroxylation is 1. The van der Waals surface area contributed by atoms with Crippen LogP contribution < -0.4 is 4.90 Å². The summed E-state index contributed by atoms with van der Waals surface area (Å²) in [6.45, 7) is 0. The Morgan fingerprint density at radius 2 is 0.881 bits per heavy atom. The Labute approximate surface area is 393 Å². The van der Waals surface area contributed by atoms with Crippen molar-refractivity contribution in [1.82, 2.24) is 0 Å². The molecule has 1 heteroatoms. The molecular formula is C66H47N. The molecule has 0 bridgehead atoms. The van der Waals surface area contributed by atoms with Gasteiger partial charge in [0.1, 0.15) is 0 Å². The van der Waals surface area contributed by atoms with E-state index in [0.717, 1.165) is 19.3 Å². The Kier molecular flexibility index (Phi) is 9.53. The number of benzene rings is 10. The summed E-state index contributed by atoms with van der Waals surface area (Å²) in [6.07, 6.45) is 10.4. The number of nitrogens with zero attached hydrogens (tertiary/aromatic N) is 1. The first kappa shape index (κ1) is 39.1. The van der Waals surface area contributed by atoms with Crippen LogP contribution >= 0.6 is 0 Å².